The number of halogens is 1. The van der Waals surface area contributed by atoms with Crippen LogP contribution in [0, 0.1) is 23.8 Å². The van der Waals surface area contributed by atoms with Gasteiger partial charge >= 0.3 is 36.1 Å². The number of carbonyl (C=O) groups is 8. The molecule has 0 unspecified atom stereocenters. The molecule has 5 atom stereocenters. The zero-order chi connectivity index (χ0) is 65.2. The van der Waals surface area contributed by atoms with Crippen LogP contribution in [0.2, 0.25) is 5.02 Å². The van der Waals surface area contributed by atoms with Gasteiger partial charge in [-0.15, -0.1) is 0 Å². The maximum absolute atomic E-state index is 13.7. The average Bonchev–Trinajstić information content (AvgIpc) is 1.38. The van der Waals surface area contributed by atoms with Crippen LogP contribution >= 0.6 is 23.4 Å². The summed E-state index contributed by atoms with van der Waals surface area (Å²) in [6.45, 7) is 29.3. The van der Waals surface area contributed by atoms with Crippen LogP contribution in [0.3, 0.4) is 0 Å². The van der Waals surface area contributed by atoms with Crippen molar-refractivity contribution < 1.29 is 75.9 Å². The highest BCUT2D eigenvalue weighted by Crippen LogP contribution is 2.42. The quantitative estimate of drug-likeness (QED) is 0.0196. The molecule has 470 valence electrons. The van der Waals surface area contributed by atoms with E-state index in [0.717, 1.165) is 11.8 Å². The number of amides is 3. The van der Waals surface area contributed by atoms with E-state index in [9.17, 15) is 43.6 Å². The molecule has 0 aliphatic rings. The van der Waals surface area contributed by atoms with Gasteiger partial charge in [0.1, 0.15) is 88.5 Å². The highest BCUT2D eigenvalue weighted by molar-refractivity contribution is 7.98. The van der Waals surface area contributed by atoms with Gasteiger partial charge in [0.05, 0.1) is 23.7 Å². The van der Waals surface area contributed by atoms with Gasteiger partial charge in [-0.05, 0) is 145 Å². The summed E-state index contributed by atoms with van der Waals surface area (Å²) >= 11 is 7.20. The highest BCUT2D eigenvalue weighted by Gasteiger charge is 2.33. The third-order valence-corrected chi connectivity index (χ3v) is 12.7. The number of nitrogens with zero attached hydrogens (tertiary/aromatic N) is 4. The smallest absolute Gasteiger partial charge is 0.408 e. The molecule has 87 heavy (non-hydrogen) atoms. The second-order valence-electron chi connectivity index (χ2n) is 24.1. The number of benzene rings is 2. The first-order valence-electron chi connectivity index (χ1n) is 27.7. The van der Waals surface area contributed by atoms with E-state index in [4.69, 9.17) is 61.5 Å². The van der Waals surface area contributed by atoms with Crippen molar-refractivity contribution in [2.75, 3.05) is 18.9 Å². The zero-order valence-electron chi connectivity index (χ0n) is 51.4. The molecule has 26 heteroatoms. The van der Waals surface area contributed by atoms with Crippen molar-refractivity contribution in [2.45, 2.75) is 186 Å². The molecule has 0 aliphatic carbocycles. The predicted molar refractivity (Wildman–Crippen MR) is 321 cm³/mol. The van der Waals surface area contributed by atoms with E-state index in [2.05, 4.69) is 36.8 Å². The van der Waals surface area contributed by atoms with Crippen LogP contribution < -0.4 is 26.4 Å². The molecule has 0 saturated carbocycles. The number of oxazole rings is 1. The third-order valence-electron chi connectivity index (χ3n) is 11.5. The first-order chi connectivity index (χ1) is 40.4. The number of ether oxygens (including phenoxy) is 7. The van der Waals surface area contributed by atoms with E-state index in [1.54, 1.807) is 119 Å². The molecule has 2 heterocycles. The molecule has 4 aromatic rings. The Kier molecular flexibility index (Phi) is 25.6. The van der Waals surface area contributed by atoms with Gasteiger partial charge in [-0.1, -0.05) is 42.4 Å². The van der Waals surface area contributed by atoms with Crippen molar-refractivity contribution >= 4 is 82.6 Å². The maximum Gasteiger partial charge on any atom is 0.408 e. The normalized spacial score (nSPS) is 13.3. The number of pyridine rings is 1. The van der Waals surface area contributed by atoms with Gasteiger partial charge in [-0.3, -0.25) is 14.4 Å². The fraction of sp³-hybridized carbons (Fsp3) is 0.508. The van der Waals surface area contributed by atoms with Gasteiger partial charge in [0.15, 0.2) is 6.10 Å². The fourth-order valence-electron chi connectivity index (χ4n) is 7.65. The summed E-state index contributed by atoms with van der Waals surface area (Å²) in [6, 6.07) is 11.4. The molecule has 0 aliphatic heterocycles. The van der Waals surface area contributed by atoms with E-state index in [1.807, 2.05) is 0 Å². The highest BCUT2D eigenvalue weighted by atomic mass is 35.5. The number of nitrogens with two attached hydrogens (primary N) is 1. The van der Waals surface area contributed by atoms with Crippen LogP contribution in [-0.4, -0.2) is 118 Å². The molecule has 2 aromatic heterocycles. The zero-order valence-corrected chi connectivity index (χ0v) is 53.0. The van der Waals surface area contributed by atoms with Crippen molar-refractivity contribution in [3.63, 3.8) is 0 Å². The molecule has 2 aromatic carbocycles. The summed E-state index contributed by atoms with van der Waals surface area (Å²) < 4.78 is 44.6. The first-order valence-corrected chi connectivity index (χ1v) is 29.1. The molecule has 0 bridgehead atoms. The summed E-state index contributed by atoms with van der Waals surface area (Å²) in [6.07, 6.45) is -3.08. The molecular weight excluding hydrogens is 1170 g/mol. The minimum atomic E-state index is -1.35. The number of hydrogen-bond acceptors (Lipinski definition) is 21. The number of rotatable bonds is 26. The van der Waals surface area contributed by atoms with Crippen LogP contribution in [0.15, 0.2) is 64.2 Å². The summed E-state index contributed by atoms with van der Waals surface area (Å²) in [4.78, 5) is 118. The van der Waals surface area contributed by atoms with E-state index >= 15 is 0 Å². The van der Waals surface area contributed by atoms with Crippen LogP contribution in [-0.2, 0) is 62.9 Å². The summed E-state index contributed by atoms with van der Waals surface area (Å²) in [5, 5.41) is 18.7. The molecule has 0 spiro atoms. The SMILES string of the molecule is [C-]#[N+]c1c(N)nc(SCc2coc(-c3ccc(Cl)cc3)n2)c(C#N)c1-c1ccc(OC[C@@H](COC(=O)[C@H](C)CC(=O)CC[C@H](NC(=O)OC(C)(C)C)C(=O)OC(C)(C)C)OC(=O)[C@H](C)NC(=O)CC[C@H](NC(=O)OC(C)(C)C)C(=O)OC(C)(C)C)cc1. The second kappa shape index (κ2) is 31.3. The van der Waals surface area contributed by atoms with Crippen LogP contribution in [0.4, 0.5) is 21.1 Å². The molecule has 24 nitrogen and oxygen atoms in total. The van der Waals surface area contributed by atoms with Crippen LogP contribution in [0.25, 0.3) is 27.4 Å². The van der Waals surface area contributed by atoms with Crippen molar-refractivity contribution in [1.82, 2.24) is 25.9 Å². The predicted octanol–water partition coefficient (Wildman–Crippen LogP) is 10.3. The van der Waals surface area contributed by atoms with E-state index < -0.39 is 114 Å². The van der Waals surface area contributed by atoms with E-state index in [0.29, 0.717) is 27.7 Å². The van der Waals surface area contributed by atoms with Gasteiger partial charge < -0.3 is 59.3 Å². The number of alkyl carbamates (subject to hydrolysis) is 2. The summed E-state index contributed by atoms with van der Waals surface area (Å²) in [7, 11) is 0. The molecule has 0 fully saturated rings. The number of Topliss-reactive ketones (excluding diaryl/α,β-unsaturated/α-hetero) is 1. The molecule has 4 rings (SSSR count). The Morgan fingerprint density at radius 2 is 1.24 bits per heavy atom. The Labute approximate surface area is 515 Å². The summed E-state index contributed by atoms with van der Waals surface area (Å²) in [5.41, 5.74) is 4.52. The number of carbonyl (C=O) groups excluding carboxylic acids is 8. The van der Waals surface area contributed by atoms with Crippen molar-refractivity contribution in [1.29, 1.82) is 5.26 Å². The van der Waals surface area contributed by atoms with Crippen molar-refractivity contribution in [2.24, 2.45) is 5.92 Å². The lowest BCUT2D eigenvalue weighted by atomic mass is 10.00. The lowest BCUT2D eigenvalue weighted by Crippen LogP contribution is -2.47. The van der Waals surface area contributed by atoms with Gasteiger partial charge in [0.25, 0.3) is 0 Å². The van der Waals surface area contributed by atoms with Gasteiger partial charge in [0.2, 0.25) is 17.5 Å². The minimum Gasteiger partial charge on any atom is -0.490 e. The molecule has 0 radical (unpaired) electrons. The lowest BCUT2D eigenvalue weighted by molar-refractivity contribution is -0.164. The number of thioether (sulfide) groups is 1. The third kappa shape index (κ3) is 24.8. The molecule has 3 amide bonds. The second-order valence-corrected chi connectivity index (χ2v) is 25.5. The molecule has 0 saturated heterocycles. The van der Waals surface area contributed by atoms with Gasteiger partial charge in [-0.25, -0.2) is 38.8 Å². The van der Waals surface area contributed by atoms with E-state index in [1.165, 1.54) is 32.2 Å². The first kappa shape index (κ1) is 71.1. The number of hydrogen-bond donors (Lipinski definition) is 4. The number of esters is 4. The largest absolute Gasteiger partial charge is 0.490 e. The van der Waals surface area contributed by atoms with Gasteiger partial charge in [-0.2, -0.15) is 5.26 Å². The topological polar surface area (TPSA) is 330 Å². The van der Waals surface area contributed by atoms with Crippen molar-refractivity contribution in [3.8, 4) is 34.4 Å². The molecular formula is C61H77ClN8O16S. The Hall–Kier alpha value is -8.42. The van der Waals surface area contributed by atoms with Gasteiger partial charge in [0, 0.05) is 41.2 Å². The number of nitrogens with one attached hydrogen (secondary N) is 3. The Morgan fingerprint density at radius 3 is 1.76 bits per heavy atom. The Bertz CT molecular complexity index is 3180. The lowest BCUT2D eigenvalue weighted by Gasteiger charge is -2.26. The average molecular weight is 1250 g/mol. The molecule has 5 N–H and O–H groups in total. The minimum absolute atomic E-state index is 0.0671. The summed E-state index contributed by atoms with van der Waals surface area (Å²) in [5.74, 6) is -5.04. The van der Waals surface area contributed by atoms with Crippen LogP contribution in [0.1, 0.15) is 140 Å². The van der Waals surface area contributed by atoms with Crippen LogP contribution in [0.5, 0.6) is 5.75 Å². The van der Waals surface area contributed by atoms with E-state index in [-0.39, 0.29) is 71.3 Å². The number of ketones is 1. The number of aromatic nitrogens is 2. The Morgan fingerprint density at radius 1 is 0.713 bits per heavy atom. The number of nitriles is 1. The maximum atomic E-state index is 13.7. The number of anilines is 1. The monoisotopic (exact) mass is 1240 g/mol. The Balaban J connectivity index is 1.52. The van der Waals surface area contributed by atoms with Crippen molar-refractivity contribution in [3.05, 3.63) is 82.5 Å². The standard InChI is InChI=1S/C61H77ClN8O16S/c1-34(28-40(71)22-25-44(54(75)83-58(3,4)5)68-56(77)85-60(9,10)11)52(73)81-32-42(82-53(74)35(2)66-46(72)27-26-45(55(76)84-59(6,7)8)69-57(78)86-61(12,13)14)31-79-41-23-18-36(19-24-41)47-43(29-63)51(70-49(64)48(47)65-15)87-33-39-30-80-50(67-39)37-16-20-38(62)21-17-37/h16-21,23-24,30,34-35,42,44-45H,22,25-28,31-33H2,1-14H3,(H2,64,70)(H,66,72)(H,68,77)(H,69,78)/t34-,35+,42+,44+,45+/m1/s1. The number of nitrogen functional groups attached to an aromatic ring is 1. The fourth-order valence-corrected chi connectivity index (χ4v) is 8.64.